The van der Waals surface area contributed by atoms with Crippen LogP contribution in [0, 0.1) is 24.1 Å². The predicted molar refractivity (Wildman–Crippen MR) is 156 cm³/mol. The first-order valence-electron chi connectivity index (χ1n) is 13.3. The molecule has 11 nitrogen and oxygen atoms in total. The van der Waals surface area contributed by atoms with Crippen molar-refractivity contribution in [3.8, 4) is 28.9 Å². The van der Waals surface area contributed by atoms with E-state index in [4.69, 9.17) is 11.6 Å². The van der Waals surface area contributed by atoms with E-state index in [1.54, 1.807) is 27.6 Å². The number of piperazine rings is 1. The summed E-state index contributed by atoms with van der Waals surface area (Å²) in [5.74, 6) is -0.723. The lowest BCUT2D eigenvalue weighted by atomic mass is 10.1. The second kappa shape index (κ2) is 11.3. The van der Waals surface area contributed by atoms with Gasteiger partial charge in [-0.3, -0.25) is 4.79 Å². The number of nitrogens with zero attached hydrogens (tertiary/aromatic N) is 8. The first-order chi connectivity index (χ1) is 20.1. The molecule has 0 saturated carbocycles. The van der Waals surface area contributed by atoms with Crippen LogP contribution in [0.5, 0.6) is 5.75 Å². The van der Waals surface area contributed by atoms with Crippen molar-refractivity contribution >= 4 is 34.4 Å². The van der Waals surface area contributed by atoms with Crippen molar-refractivity contribution in [1.29, 1.82) is 5.26 Å². The molecule has 0 unspecified atom stereocenters. The third-order valence-corrected chi connectivity index (χ3v) is 7.53. The minimum Gasteiger partial charge on any atom is -0.507 e. The molecule has 1 saturated heterocycles. The van der Waals surface area contributed by atoms with E-state index in [-0.39, 0.29) is 65.0 Å². The summed E-state index contributed by atoms with van der Waals surface area (Å²) in [6.45, 7) is 9.96. The summed E-state index contributed by atoms with van der Waals surface area (Å²) in [6, 6.07) is 6.92. The number of hydrogen-bond donors (Lipinski definition) is 1. The Hall–Kier alpha value is -4.76. The largest absolute Gasteiger partial charge is 0.507 e. The lowest BCUT2D eigenvalue weighted by Gasteiger charge is -2.41. The van der Waals surface area contributed by atoms with Gasteiger partial charge in [0.2, 0.25) is 5.91 Å². The van der Waals surface area contributed by atoms with E-state index in [1.807, 2.05) is 13.8 Å². The molecular formula is C29H28ClFN8O3. The zero-order valence-corrected chi connectivity index (χ0v) is 24.0. The molecule has 1 amide bonds. The summed E-state index contributed by atoms with van der Waals surface area (Å²) in [7, 11) is 0. The molecule has 5 rings (SSSR count). The van der Waals surface area contributed by atoms with Crippen LogP contribution < -0.4 is 10.6 Å². The molecule has 216 valence electrons. The molecular weight excluding hydrogens is 563 g/mol. The second-order valence-electron chi connectivity index (χ2n) is 10.3. The van der Waals surface area contributed by atoms with Crippen LogP contribution in [-0.2, 0) is 4.79 Å². The van der Waals surface area contributed by atoms with Gasteiger partial charge in [-0.2, -0.15) is 15.3 Å². The number of phenolic OH excluding ortho intramolecular Hbond substituents is 1. The Balaban J connectivity index is 1.83. The number of nitriles is 1. The first kappa shape index (κ1) is 28.8. The minimum atomic E-state index is -0.743. The van der Waals surface area contributed by atoms with Crippen LogP contribution in [-0.4, -0.2) is 65.9 Å². The van der Waals surface area contributed by atoms with Crippen molar-refractivity contribution in [3.63, 3.8) is 0 Å². The maximum atomic E-state index is 15.0. The number of hydrogen-bond acceptors (Lipinski definition) is 8. The number of aromatic nitrogens is 5. The van der Waals surface area contributed by atoms with E-state index in [1.165, 1.54) is 34.9 Å². The number of fused-ring (bicyclic) bond motifs is 1. The van der Waals surface area contributed by atoms with Gasteiger partial charge in [0.1, 0.15) is 23.2 Å². The van der Waals surface area contributed by atoms with Gasteiger partial charge in [0.25, 0.3) is 0 Å². The number of pyridine rings is 1. The number of amides is 1. The van der Waals surface area contributed by atoms with Gasteiger partial charge in [-0.1, -0.05) is 24.2 Å². The van der Waals surface area contributed by atoms with E-state index in [0.717, 1.165) is 0 Å². The standard InChI is InChI=1S/C29H28ClFN8O3/c1-5-23(41)36-11-12-37(18(15-36)9-10-32)26-19-13-20(30)25(24-21(31)7-6-8-22(24)40)34-27(19)38(29(42)35-26)28-17(4)14-33-39(28)16(2)3/h5-8,13-14,16,18,40H,1,9,11-12,15H2,2-4H3/t18-/m0/s1. The van der Waals surface area contributed by atoms with Crippen molar-refractivity contribution < 1.29 is 14.3 Å². The van der Waals surface area contributed by atoms with Crippen LogP contribution in [0.15, 0.2) is 47.9 Å². The average molecular weight is 591 g/mol. The van der Waals surface area contributed by atoms with Crippen LogP contribution >= 0.6 is 11.6 Å². The number of benzene rings is 1. The minimum absolute atomic E-state index is 0.0162. The fourth-order valence-electron chi connectivity index (χ4n) is 5.28. The lowest BCUT2D eigenvalue weighted by molar-refractivity contribution is -0.126. The molecule has 13 heteroatoms. The topological polar surface area (TPSA) is 133 Å². The summed E-state index contributed by atoms with van der Waals surface area (Å²) in [4.78, 5) is 38.8. The summed E-state index contributed by atoms with van der Waals surface area (Å²) in [6.07, 6.45) is 2.89. The Labute approximate surface area is 245 Å². The van der Waals surface area contributed by atoms with Gasteiger partial charge >= 0.3 is 5.69 Å². The van der Waals surface area contributed by atoms with Gasteiger partial charge in [-0.05, 0) is 45.0 Å². The van der Waals surface area contributed by atoms with Crippen molar-refractivity contribution in [2.45, 2.75) is 39.3 Å². The summed E-state index contributed by atoms with van der Waals surface area (Å²) < 4.78 is 18.0. The number of phenols is 1. The normalized spacial score (nSPS) is 15.3. The SMILES string of the molecule is C=CC(=O)N1CCN(c2nc(=O)n(-c3c(C)cnn3C(C)C)c3nc(-c4c(O)cccc4F)c(Cl)cc23)[C@@H](CC#N)C1. The number of aromatic hydroxyl groups is 1. The summed E-state index contributed by atoms with van der Waals surface area (Å²) in [5, 5.41) is 24.9. The quantitative estimate of drug-likeness (QED) is 0.331. The van der Waals surface area contributed by atoms with Crippen LogP contribution in [0.25, 0.3) is 28.1 Å². The summed E-state index contributed by atoms with van der Waals surface area (Å²) in [5.41, 5.74) is -0.171. The Kier molecular flexibility index (Phi) is 7.71. The van der Waals surface area contributed by atoms with Gasteiger partial charge in [-0.15, -0.1) is 0 Å². The molecule has 0 aliphatic carbocycles. The fraction of sp³-hybridized carbons (Fsp3) is 0.310. The van der Waals surface area contributed by atoms with Crippen LogP contribution in [0.4, 0.5) is 10.2 Å². The number of rotatable bonds is 6. The molecule has 1 aliphatic rings. The van der Waals surface area contributed by atoms with Crippen LogP contribution in [0.2, 0.25) is 5.02 Å². The Bertz CT molecular complexity index is 1810. The van der Waals surface area contributed by atoms with Crippen molar-refractivity contribution in [1.82, 2.24) is 29.2 Å². The van der Waals surface area contributed by atoms with E-state index < -0.39 is 17.5 Å². The highest BCUT2D eigenvalue weighted by Crippen LogP contribution is 2.39. The highest BCUT2D eigenvalue weighted by Gasteiger charge is 2.33. The van der Waals surface area contributed by atoms with Gasteiger partial charge in [0.05, 0.1) is 46.4 Å². The van der Waals surface area contributed by atoms with E-state index >= 15 is 4.39 Å². The molecule has 3 aromatic heterocycles. The number of carbonyl (C=O) groups excluding carboxylic acids is 1. The van der Waals surface area contributed by atoms with Crippen LogP contribution in [0.1, 0.15) is 31.9 Å². The van der Waals surface area contributed by atoms with Crippen molar-refractivity contribution in [2.75, 3.05) is 24.5 Å². The second-order valence-corrected chi connectivity index (χ2v) is 10.7. The van der Waals surface area contributed by atoms with Crippen molar-refractivity contribution in [3.05, 3.63) is 70.0 Å². The predicted octanol–water partition coefficient (Wildman–Crippen LogP) is 4.15. The van der Waals surface area contributed by atoms with Gasteiger partial charge < -0.3 is 14.9 Å². The molecule has 0 radical (unpaired) electrons. The molecule has 1 aromatic carbocycles. The fourth-order valence-corrected chi connectivity index (χ4v) is 5.53. The first-order valence-corrected chi connectivity index (χ1v) is 13.7. The summed E-state index contributed by atoms with van der Waals surface area (Å²) >= 11 is 6.70. The Morgan fingerprint density at radius 2 is 2.10 bits per heavy atom. The molecule has 0 spiro atoms. The van der Waals surface area contributed by atoms with Crippen molar-refractivity contribution in [2.24, 2.45) is 0 Å². The molecule has 1 aliphatic heterocycles. The van der Waals surface area contributed by atoms with E-state index in [0.29, 0.717) is 23.3 Å². The number of anilines is 1. The zero-order valence-electron chi connectivity index (χ0n) is 23.3. The van der Waals surface area contributed by atoms with Gasteiger partial charge in [-0.25, -0.2) is 23.4 Å². The van der Waals surface area contributed by atoms with E-state index in [9.17, 15) is 20.0 Å². The molecule has 42 heavy (non-hydrogen) atoms. The Morgan fingerprint density at radius 1 is 1.33 bits per heavy atom. The van der Waals surface area contributed by atoms with E-state index in [2.05, 4.69) is 27.7 Å². The number of halogens is 2. The molecule has 4 heterocycles. The number of aryl methyl sites for hydroxylation is 1. The monoisotopic (exact) mass is 590 g/mol. The Morgan fingerprint density at radius 3 is 2.76 bits per heavy atom. The lowest BCUT2D eigenvalue weighted by Crippen LogP contribution is -2.55. The zero-order chi connectivity index (χ0) is 30.3. The average Bonchev–Trinajstić information content (AvgIpc) is 3.34. The molecule has 1 fully saturated rings. The highest BCUT2D eigenvalue weighted by atomic mass is 35.5. The molecule has 1 atom stereocenters. The third-order valence-electron chi connectivity index (χ3n) is 7.24. The number of carbonyl (C=O) groups is 1. The van der Waals surface area contributed by atoms with Gasteiger partial charge in [0.15, 0.2) is 5.65 Å². The molecule has 1 N–H and O–H groups in total. The molecule has 4 aromatic rings. The molecule has 0 bridgehead atoms. The third kappa shape index (κ3) is 4.86. The van der Waals surface area contributed by atoms with Gasteiger partial charge in [0, 0.05) is 31.2 Å². The smallest absolute Gasteiger partial charge is 0.357 e. The maximum Gasteiger partial charge on any atom is 0.357 e. The van der Waals surface area contributed by atoms with Crippen LogP contribution in [0.3, 0.4) is 0 Å². The highest BCUT2D eigenvalue weighted by molar-refractivity contribution is 6.34. The maximum absolute atomic E-state index is 15.0.